The lowest BCUT2D eigenvalue weighted by Crippen LogP contribution is -2.36. The first-order chi connectivity index (χ1) is 16.3. The van der Waals surface area contributed by atoms with Gasteiger partial charge in [-0.25, -0.2) is 0 Å². The van der Waals surface area contributed by atoms with Gasteiger partial charge in [0, 0.05) is 55.5 Å². The fourth-order valence-corrected chi connectivity index (χ4v) is 4.40. The number of aromatic nitrogens is 1. The van der Waals surface area contributed by atoms with Gasteiger partial charge < -0.3 is 14.5 Å². The molecular formula is C27H33N5O. The summed E-state index contributed by atoms with van der Waals surface area (Å²) in [6.07, 6.45) is 11.5. The molecule has 0 atom stereocenters. The molecule has 1 aromatic carbocycles. The summed E-state index contributed by atoms with van der Waals surface area (Å²) in [5, 5.41) is 8.59. The van der Waals surface area contributed by atoms with Gasteiger partial charge >= 0.3 is 0 Å². The summed E-state index contributed by atoms with van der Waals surface area (Å²) in [6, 6.07) is 12.8. The molecule has 0 N–H and O–H groups in total. The minimum absolute atomic E-state index is 0.763. The summed E-state index contributed by atoms with van der Waals surface area (Å²) >= 11 is 0. The maximum absolute atomic E-state index is 5.60. The molecule has 2 aliphatic rings. The van der Waals surface area contributed by atoms with Gasteiger partial charge in [0.05, 0.1) is 25.6 Å². The van der Waals surface area contributed by atoms with Crippen molar-refractivity contribution in [3.05, 3.63) is 76.8 Å². The number of anilines is 1. The summed E-state index contributed by atoms with van der Waals surface area (Å²) in [5.41, 5.74) is 7.36. The quantitative estimate of drug-likeness (QED) is 0.435. The lowest BCUT2D eigenvalue weighted by molar-refractivity contribution is 0.0548. The standard InChI is InChI=1S/C27H33N5O/c1-3-31(4-2)26-11-7-22(8-12-26)18-24-9-10-25(27(24)32-14-16-33-17-15-32)21-30-29-20-23-6-5-13-28-19-23/h5-8,11-13,18-21H,3-4,9-10,14-17H2,1-2H3/b24-18+,29-20-,30-21-. The highest BCUT2D eigenvalue weighted by Crippen LogP contribution is 2.35. The molecule has 172 valence electrons. The Labute approximate surface area is 197 Å². The third-order valence-corrected chi connectivity index (χ3v) is 6.13. The van der Waals surface area contributed by atoms with Gasteiger partial charge in [0.15, 0.2) is 0 Å². The smallest absolute Gasteiger partial charge is 0.0642 e. The third kappa shape index (κ3) is 5.96. The molecule has 2 heterocycles. The van der Waals surface area contributed by atoms with E-state index in [1.54, 1.807) is 18.6 Å². The van der Waals surface area contributed by atoms with E-state index in [2.05, 4.69) is 69.2 Å². The molecule has 0 bridgehead atoms. The van der Waals surface area contributed by atoms with Crippen molar-refractivity contribution in [2.75, 3.05) is 44.3 Å². The number of pyridine rings is 1. The van der Waals surface area contributed by atoms with Crippen molar-refractivity contribution in [2.45, 2.75) is 26.7 Å². The number of ether oxygens (including phenoxy) is 1. The fourth-order valence-electron chi connectivity index (χ4n) is 4.40. The molecule has 0 spiro atoms. The van der Waals surface area contributed by atoms with Crippen LogP contribution in [0.15, 0.2) is 75.8 Å². The van der Waals surface area contributed by atoms with Crippen LogP contribution in [0, 0.1) is 0 Å². The molecule has 6 heteroatoms. The first-order valence-corrected chi connectivity index (χ1v) is 11.9. The van der Waals surface area contributed by atoms with Crippen molar-refractivity contribution in [2.24, 2.45) is 10.2 Å². The van der Waals surface area contributed by atoms with Crippen molar-refractivity contribution in [1.29, 1.82) is 0 Å². The van der Waals surface area contributed by atoms with Crippen molar-refractivity contribution in [3.8, 4) is 0 Å². The van der Waals surface area contributed by atoms with Crippen molar-refractivity contribution < 1.29 is 4.74 Å². The SMILES string of the molecule is CCN(CC)c1ccc(/C=C2\CCC(/C=N\N=C/c3cccnc3)=C2N2CCOCC2)cc1. The Morgan fingerprint density at radius 1 is 0.970 bits per heavy atom. The highest BCUT2D eigenvalue weighted by atomic mass is 16.5. The van der Waals surface area contributed by atoms with E-state index < -0.39 is 0 Å². The molecule has 33 heavy (non-hydrogen) atoms. The second-order valence-corrected chi connectivity index (χ2v) is 8.18. The second-order valence-electron chi connectivity index (χ2n) is 8.18. The van der Waals surface area contributed by atoms with Crippen LogP contribution in [0.25, 0.3) is 6.08 Å². The Morgan fingerprint density at radius 3 is 2.42 bits per heavy atom. The van der Waals surface area contributed by atoms with Gasteiger partial charge in [-0.3, -0.25) is 4.98 Å². The van der Waals surface area contributed by atoms with Gasteiger partial charge in [0.1, 0.15) is 0 Å². The predicted octanol–water partition coefficient (Wildman–Crippen LogP) is 4.80. The largest absolute Gasteiger partial charge is 0.378 e. The lowest BCUT2D eigenvalue weighted by atomic mass is 10.1. The number of morpholine rings is 1. The van der Waals surface area contributed by atoms with E-state index in [1.165, 1.54) is 28.1 Å². The van der Waals surface area contributed by atoms with Gasteiger partial charge in [-0.05, 0) is 67.7 Å². The maximum Gasteiger partial charge on any atom is 0.0642 e. The molecule has 1 aliphatic carbocycles. The van der Waals surface area contributed by atoms with Crippen LogP contribution >= 0.6 is 0 Å². The molecule has 0 unspecified atom stereocenters. The van der Waals surface area contributed by atoms with E-state index in [9.17, 15) is 0 Å². The van der Waals surface area contributed by atoms with Crippen LogP contribution in [-0.2, 0) is 4.74 Å². The lowest BCUT2D eigenvalue weighted by Gasteiger charge is -2.31. The molecule has 1 saturated heterocycles. The molecule has 2 aromatic rings. The Balaban J connectivity index is 1.57. The molecule has 4 rings (SSSR count). The van der Waals surface area contributed by atoms with Gasteiger partial charge in [-0.2, -0.15) is 10.2 Å². The van der Waals surface area contributed by atoms with Gasteiger partial charge in [-0.15, -0.1) is 0 Å². The van der Waals surface area contributed by atoms with Crippen molar-refractivity contribution >= 4 is 24.2 Å². The average molecular weight is 444 g/mol. The maximum atomic E-state index is 5.60. The molecule has 1 aliphatic heterocycles. The van der Waals surface area contributed by atoms with Crippen molar-refractivity contribution in [3.63, 3.8) is 0 Å². The average Bonchev–Trinajstić information content (AvgIpc) is 3.27. The number of rotatable bonds is 8. The van der Waals surface area contributed by atoms with E-state index in [0.29, 0.717) is 0 Å². The number of hydrogen-bond acceptors (Lipinski definition) is 6. The molecular weight excluding hydrogens is 410 g/mol. The monoisotopic (exact) mass is 443 g/mol. The van der Waals surface area contributed by atoms with Crippen LogP contribution in [0.2, 0.25) is 0 Å². The van der Waals surface area contributed by atoms with E-state index in [4.69, 9.17) is 4.74 Å². The Bertz CT molecular complexity index is 1010. The van der Waals surface area contributed by atoms with Gasteiger partial charge in [0.2, 0.25) is 0 Å². The summed E-state index contributed by atoms with van der Waals surface area (Å²) in [7, 11) is 0. The van der Waals surface area contributed by atoms with Crippen LogP contribution in [0.5, 0.6) is 0 Å². The molecule has 0 radical (unpaired) electrons. The number of benzene rings is 1. The van der Waals surface area contributed by atoms with E-state index in [1.807, 2.05) is 18.3 Å². The Hall–Kier alpha value is -3.25. The van der Waals surface area contributed by atoms with Gasteiger partial charge in [0.25, 0.3) is 0 Å². The number of nitrogens with zero attached hydrogens (tertiary/aromatic N) is 5. The van der Waals surface area contributed by atoms with E-state index in [-0.39, 0.29) is 0 Å². The number of allylic oxidation sites excluding steroid dienone is 2. The second kappa shape index (κ2) is 11.6. The summed E-state index contributed by atoms with van der Waals surface area (Å²) < 4.78 is 5.60. The minimum atomic E-state index is 0.763. The van der Waals surface area contributed by atoms with Crippen LogP contribution in [0.4, 0.5) is 5.69 Å². The zero-order valence-corrected chi connectivity index (χ0v) is 19.7. The van der Waals surface area contributed by atoms with Crippen LogP contribution in [0.3, 0.4) is 0 Å². The van der Waals surface area contributed by atoms with Crippen molar-refractivity contribution in [1.82, 2.24) is 9.88 Å². The zero-order chi connectivity index (χ0) is 22.9. The zero-order valence-electron chi connectivity index (χ0n) is 19.7. The number of hydrogen-bond donors (Lipinski definition) is 0. The summed E-state index contributed by atoms with van der Waals surface area (Å²) in [6.45, 7) is 9.77. The molecule has 1 fully saturated rings. The molecule has 0 amide bonds. The highest BCUT2D eigenvalue weighted by molar-refractivity contribution is 5.85. The normalized spacial score (nSPS) is 18.2. The Kier molecular flexibility index (Phi) is 8.04. The Morgan fingerprint density at radius 2 is 1.73 bits per heavy atom. The summed E-state index contributed by atoms with van der Waals surface area (Å²) in [4.78, 5) is 8.92. The van der Waals surface area contributed by atoms with E-state index in [0.717, 1.165) is 57.8 Å². The first-order valence-electron chi connectivity index (χ1n) is 11.9. The molecule has 6 nitrogen and oxygen atoms in total. The van der Waals surface area contributed by atoms with Gasteiger partial charge in [-0.1, -0.05) is 18.2 Å². The predicted molar refractivity (Wildman–Crippen MR) is 137 cm³/mol. The van der Waals surface area contributed by atoms with Crippen LogP contribution in [-0.4, -0.2) is 61.7 Å². The highest BCUT2D eigenvalue weighted by Gasteiger charge is 2.25. The fraction of sp³-hybridized carbons (Fsp3) is 0.370. The molecule has 0 saturated carbocycles. The first kappa shape index (κ1) is 22.9. The van der Waals surface area contributed by atoms with Crippen LogP contribution in [0.1, 0.15) is 37.8 Å². The summed E-state index contributed by atoms with van der Waals surface area (Å²) in [5.74, 6) is 0. The third-order valence-electron chi connectivity index (χ3n) is 6.13. The topological polar surface area (TPSA) is 53.3 Å². The van der Waals surface area contributed by atoms with Crippen LogP contribution < -0.4 is 4.90 Å². The minimum Gasteiger partial charge on any atom is -0.378 e. The molecule has 1 aromatic heterocycles. The van der Waals surface area contributed by atoms with E-state index >= 15 is 0 Å².